The van der Waals surface area contributed by atoms with Gasteiger partial charge in [0.05, 0.1) is 10.6 Å². The molecule has 4 aromatic rings. The Kier molecular flexibility index (Phi) is 4.82. The molecule has 0 N–H and O–H groups in total. The van der Waals surface area contributed by atoms with Crippen LogP contribution in [0.1, 0.15) is 26.3 Å². The highest BCUT2D eigenvalue weighted by Crippen LogP contribution is 2.29. The molecule has 3 heterocycles. The monoisotopic (exact) mass is 431 g/mol. The van der Waals surface area contributed by atoms with E-state index in [4.69, 9.17) is 9.47 Å². The number of rotatable bonds is 4. The maximum atomic E-state index is 12.9. The molecule has 2 aromatic carbocycles. The van der Waals surface area contributed by atoms with E-state index in [9.17, 15) is 4.79 Å². The van der Waals surface area contributed by atoms with Crippen LogP contribution in [0, 0.1) is 0 Å². The molecule has 0 bridgehead atoms. The Hall–Kier alpha value is -3.45. The molecule has 1 aliphatic heterocycles. The maximum absolute atomic E-state index is 12.9. The van der Waals surface area contributed by atoms with Crippen LogP contribution in [-0.4, -0.2) is 26.8 Å². The van der Waals surface area contributed by atoms with Crippen molar-refractivity contribution < 1.29 is 9.47 Å². The van der Waals surface area contributed by atoms with E-state index >= 15 is 0 Å². The standard InChI is InChI=1S/C24H21N3O3S/c1-14(2)29-19-10-8-16(9-11-19)22-25-24-27(26-22)23(28)21(31-24)13-18-12-17-6-4-5-7-20(17)30-15(18)3/h4-15H,1-3H3/b21-13+/t15-/m0/s1. The van der Waals surface area contributed by atoms with E-state index in [0.29, 0.717) is 15.3 Å². The molecule has 0 spiro atoms. The van der Waals surface area contributed by atoms with Crippen molar-refractivity contribution in [3.63, 3.8) is 0 Å². The summed E-state index contributed by atoms with van der Waals surface area (Å²) in [6.45, 7) is 5.95. The van der Waals surface area contributed by atoms with Crippen molar-refractivity contribution in [2.75, 3.05) is 0 Å². The summed E-state index contributed by atoms with van der Waals surface area (Å²) in [7, 11) is 0. The van der Waals surface area contributed by atoms with Crippen LogP contribution in [0.2, 0.25) is 0 Å². The lowest BCUT2D eigenvalue weighted by atomic mass is 10.0. The first-order chi connectivity index (χ1) is 15.0. The van der Waals surface area contributed by atoms with Gasteiger partial charge in [0.25, 0.3) is 5.56 Å². The number of aromatic nitrogens is 3. The van der Waals surface area contributed by atoms with Gasteiger partial charge in [-0.1, -0.05) is 29.5 Å². The van der Waals surface area contributed by atoms with E-state index in [0.717, 1.165) is 28.2 Å². The average Bonchev–Trinajstić information content (AvgIpc) is 3.28. The largest absolute Gasteiger partial charge is 0.491 e. The molecule has 1 aliphatic rings. The molecule has 0 amide bonds. The van der Waals surface area contributed by atoms with Crippen molar-refractivity contribution in [3.8, 4) is 22.9 Å². The Morgan fingerprint density at radius 3 is 2.68 bits per heavy atom. The van der Waals surface area contributed by atoms with Crippen molar-refractivity contribution in [2.45, 2.75) is 33.0 Å². The van der Waals surface area contributed by atoms with Crippen molar-refractivity contribution >= 4 is 28.4 Å². The Morgan fingerprint density at radius 2 is 1.94 bits per heavy atom. The highest BCUT2D eigenvalue weighted by atomic mass is 32.1. The van der Waals surface area contributed by atoms with Gasteiger partial charge in [0.2, 0.25) is 4.96 Å². The molecule has 0 saturated carbocycles. The van der Waals surface area contributed by atoms with Crippen LogP contribution in [0.4, 0.5) is 0 Å². The lowest BCUT2D eigenvalue weighted by molar-refractivity contribution is 0.242. The van der Waals surface area contributed by atoms with E-state index < -0.39 is 0 Å². The molecular formula is C24H21N3O3S. The van der Waals surface area contributed by atoms with E-state index in [2.05, 4.69) is 16.2 Å². The minimum Gasteiger partial charge on any atom is -0.491 e. The molecule has 0 radical (unpaired) electrons. The zero-order chi connectivity index (χ0) is 21.5. The fourth-order valence-corrected chi connectivity index (χ4v) is 4.39. The SMILES string of the molecule is CC(C)Oc1ccc(-c2nc3s/c(=C/C4=Cc5ccccc5O[C@H]4C)c(=O)n3n2)cc1. The van der Waals surface area contributed by atoms with Gasteiger partial charge in [-0.2, -0.15) is 9.50 Å². The molecule has 2 aromatic heterocycles. The molecule has 156 valence electrons. The first kappa shape index (κ1) is 19.5. The Labute approximate surface area is 183 Å². The number of para-hydroxylation sites is 1. The van der Waals surface area contributed by atoms with Gasteiger partial charge in [-0.25, -0.2) is 0 Å². The predicted molar refractivity (Wildman–Crippen MR) is 123 cm³/mol. The van der Waals surface area contributed by atoms with Crippen LogP contribution in [0.25, 0.3) is 28.5 Å². The molecule has 31 heavy (non-hydrogen) atoms. The summed E-state index contributed by atoms with van der Waals surface area (Å²) >= 11 is 1.33. The molecule has 7 heteroatoms. The third kappa shape index (κ3) is 3.72. The minimum atomic E-state index is -0.175. The Balaban J connectivity index is 1.49. The van der Waals surface area contributed by atoms with E-state index in [1.165, 1.54) is 15.9 Å². The summed E-state index contributed by atoms with van der Waals surface area (Å²) in [5.41, 5.74) is 2.61. The van der Waals surface area contributed by atoms with Gasteiger partial charge in [0, 0.05) is 11.1 Å². The van der Waals surface area contributed by atoms with E-state index in [1.807, 2.05) is 75.4 Å². The highest BCUT2D eigenvalue weighted by Gasteiger charge is 2.18. The van der Waals surface area contributed by atoms with Gasteiger partial charge in [-0.15, -0.1) is 5.10 Å². The fourth-order valence-electron chi connectivity index (χ4n) is 3.48. The zero-order valence-corrected chi connectivity index (χ0v) is 18.2. The quantitative estimate of drug-likeness (QED) is 0.489. The summed E-state index contributed by atoms with van der Waals surface area (Å²) in [4.78, 5) is 18.1. The van der Waals surface area contributed by atoms with Gasteiger partial charge < -0.3 is 9.47 Å². The van der Waals surface area contributed by atoms with Crippen LogP contribution >= 0.6 is 11.3 Å². The number of hydrogen-bond acceptors (Lipinski definition) is 6. The Bertz CT molecular complexity index is 1400. The van der Waals surface area contributed by atoms with E-state index in [-0.39, 0.29) is 17.8 Å². The number of thiazole rings is 1. The van der Waals surface area contributed by atoms with Gasteiger partial charge in [0.15, 0.2) is 5.82 Å². The summed E-state index contributed by atoms with van der Waals surface area (Å²) in [6.07, 6.45) is 3.91. The van der Waals surface area contributed by atoms with Crippen LogP contribution in [0.3, 0.4) is 0 Å². The third-order valence-corrected chi connectivity index (χ3v) is 5.94. The number of fused-ring (bicyclic) bond motifs is 2. The van der Waals surface area contributed by atoms with Crippen molar-refractivity contribution in [1.29, 1.82) is 0 Å². The zero-order valence-electron chi connectivity index (χ0n) is 17.4. The van der Waals surface area contributed by atoms with Crippen molar-refractivity contribution in [1.82, 2.24) is 14.6 Å². The van der Waals surface area contributed by atoms with Crippen LogP contribution < -0.4 is 19.6 Å². The normalized spacial score (nSPS) is 16.3. The summed E-state index contributed by atoms with van der Waals surface area (Å²) < 4.78 is 13.6. The van der Waals surface area contributed by atoms with Crippen LogP contribution in [0.5, 0.6) is 11.5 Å². The molecule has 0 unspecified atom stereocenters. The first-order valence-electron chi connectivity index (χ1n) is 10.1. The summed E-state index contributed by atoms with van der Waals surface area (Å²) in [5.74, 6) is 2.17. The molecular weight excluding hydrogens is 410 g/mol. The number of benzene rings is 2. The number of hydrogen-bond donors (Lipinski definition) is 0. The molecule has 0 aliphatic carbocycles. The number of ether oxygens (including phenoxy) is 2. The molecule has 1 atom stereocenters. The number of nitrogens with zero attached hydrogens (tertiary/aromatic N) is 3. The molecule has 0 saturated heterocycles. The smallest absolute Gasteiger partial charge is 0.291 e. The van der Waals surface area contributed by atoms with Gasteiger partial charge in [-0.3, -0.25) is 4.79 Å². The third-order valence-electron chi connectivity index (χ3n) is 4.98. The van der Waals surface area contributed by atoms with E-state index in [1.54, 1.807) is 0 Å². The second-order valence-electron chi connectivity index (χ2n) is 7.68. The second-order valence-corrected chi connectivity index (χ2v) is 8.69. The average molecular weight is 432 g/mol. The van der Waals surface area contributed by atoms with Crippen molar-refractivity contribution in [3.05, 3.63) is 74.6 Å². The lowest BCUT2D eigenvalue weighted by Crippen LogP contribution is -2.26. The lowest BCUT2D eigenvalue weighted by Gasteiger charge is -2.22. The summed E-state index contributed by atoms with van der Waals surface area (Å²) in [6, 6.07) is 15.4. The summed E-state index contributed by atoms with van der Waals surface area (Å²) in [5, 5.41) is 4.43. The second kappa shape index (κ2) is 7.67. The molecule has 0 fully saturated rings. The predicted octanol–water partition coefficient (Wildman–Crippen LogP) is 3.97. The van der Waals surface area contributed by atoms with Gasteiger partial charge >= 0.3 is 0 Å². The van der Waals surface area contributed by atoms with Crippen LogP contribution in [0.15, 0.2) is 58.9 Å². The fraction of sp³-hybridized carbons (Fsp3) is 0.208. The molecule has 5 rings (SSSR count). The molecule has 6 nitrogen and oxygen atoms in total. The Morgan fingerprint density at radius 1 is 1.16 bits per heavy atom. The van der Waals surface area contributed by atoms with Crippen molar-refractivity contribution in [2.24, 2.45) is 0 Å². The minimum absolute atomic E-state index is 0.112. The van der Waals surface area contributed by atoms with Gasteiger partial charge in [-0.05, 0) is 68.8 Å². The highest BCUT2D eigenvalue weighted by molar-refractivity contribution is 7.15. The maximum Gasteiger partial charge on any atom is 0.291 e. The van der Waals surface area contributed by atoms with Gasteiger partial charge in [0.1, 0.15) is 17.6 Å². The van der Waals surface area contributed by atoms with Crippen LogP contribution in [-0.2, 0) is 0 Å². The first-order valence-corrected chi connectivity index (χ1v) is 11.0. The topological polar surface area (TPSA) is 65.7 Å².